The molecule has 0 spiro atoms. The van der Waals surface area contributed by atoms with Gasteiger partial charge in [-0.1, -0.05) is 58.0 Å². The van der Waals surface area contributed by atoms with Gasteiger partial charge >= 0.3 is 6.03 Å². The van der Waals surface area contributed by atoms with Crippen LogP contribution in [0.25, 0.3) is 22.5 Å². The molecular weight excluding hydrogens is 488 g/mol. The highest BCUT2D eigenvalue weighted by atomic mass is 16.2. The molecule has 0 saturated carbocycles. The van der Waals surface area contributed by atoms with Gasteiger partial charge in [0, 0.05) is 44.1 Å². The van der Waals surface area contributed by atoms with Gasteiger partial charge in [0.1, 0.15) is 0 Å². The van der Waals surface area contributed by atoms with E-state index in [1.165, 1.54) is 0 Å². The summed E-state index contributed by atoms with van der Waals surface area (Å²) in [5.41, 5.74) is 6.26. The smallest absolute Gasteiger partial charge is 0.323 e. The van der Waals surface area contributed by atoms with Crippen LogP contribution in [0.3, 0.4) is 0 Å². The molecule has 0 bridgehead atoms. The molecule has 0 aliphatic rings. The number of benzene rings is 3. The lowest BCUT2D eigenvalue weighted by Crippen LogP contribution is -2.32. The molecule has 0 atom stereocenters. The molecule has 0 aliphatic carbocycles. The second kappa shape index (κ2) is 12.4. The van der Waals surface area contributed by atoms with E-state index >= 15 is 0 Å². The summed E-state index contributed by atoms with van der Waals surface area (Å²) in [6.45, 7) is 10.6. The zero-order valence-electron chi connectivity index (χ0n) is 23.6. The fourth-order valence-corrected chi connectivity index (χ4v) is 4.57. The van der Waals surface area contributed by atoms with E-state index < -0.39 is 0 Å². The molecule has 0 saturated heterocycles. The lowest BCUT2D eigenvalue weighted by Gasteiger charge is -2.31. The van der Waals surface area contributed by atoms with E-state index in [-0.39, 0.29) is 6.03 Å². The normalized spacial score (nSPS) is 11.1. The molecule has 2 amide bonds. The predicted octanol–water partition coefficient (Wildman–Crippen LogP) is 6.36. The van der Waals surface area contributed by atoms with Crippen molar-refractivity contribution in [2.45, 2.75) is 27.7 Å². The zero-order valence-corrected chi connectivity index (χ0v) is 23.6. The van der Waals surface area contributed by atoms with Gasteiger partial charge in [-0.15, -0.1) is 10.2 Å². The third-order valence-electron chi connectivity index (χ3n) is 6.22. The minimum atomic E-state index is -0.300. The van der Waals surface area contributed by atoms with Gasteiger partial charge in [0.05, 0.1) is 11.4 Å². The number of aromatic nitrogens is 4. The van der Waals surface area contributed by atoms with Gasteiger partial charge in [0.15, 0.2) is 0 Å². The molecule has 3 aromatic carbocycles. The third-order valence-corrected chi connectivity index (χ3v) is 6.22. The van der Waals surface area contributed by atoms with Crippen LogP contribution in [0.1, 0.15) is 27.7 Å². The number of aromatic amines is 1. The Balaban J connectivity index is 1.71. The quantitative estimate of drug-likeness (QED) is 0.222. The Morgan fingerprint density at radius 3 is 2.13 bits per heavy atom. The van der Waals surface area contributed by atoms with Crippen molar-refractivity contribution in [2.24, 2.45) is 11.8 Å². The van der Waals surface area contributed by atoms with Crippen molar-refractivity contribution in [3.63, 3.8) is 0 Å². The van der Waals surface area contributed by atoms with Crippen LogP contribution in [0.5, 0.6) is 0 Å². The fourth-order valence-electron chi connectivity index (χ4n) is 4.57. The Labute approximate surface area is 230 Å². The van der Waals surface area contributed by atoms with Gasteiger partial charge in [0.2, 0.25) is 5.82 Å². The number of urea groups is 1. The summed E-state index contributed by atoms with van der Waals surface area (Å²) in [5, 5.41) is 20.7. The number of amides is 2. The average Bonchev–Trinajstić information content (AvgIpc) is 3.43. The van der Waals surface area contributed by atoms with Crippen LogP contribution in [0.15, 0.2) is 66.7 Å². The number of tetrazole rings is 1. The molecule has 4 rings (SSSR count). The first-order valence-corrected chi connectivity index (χ1v) is 13.3. The van der Waals surface area contributed by atoms with Crippen molar-refractivity contribution >= 4 is 28.8 Å². The maximum absolute atomic E-state index is 13.2. The SMILES string of the molecule is CC(C)CN(CC(C)C)c1ccc(-c2ccccc2-c2nn[nH]n2)cc1NC(=O)Nc1ccc(N(C)C)cc1. The predicted molar refractivity (Wildman–Crippen MR) is 160 cm³/mol. The summed E-state index contributed by atoms with van der Waals surface area (Å²) in [6, 6.07) is 21.6. The van der Waals surface area contributed by atoms with Crippen molar-refractivity contribution in [3.05, 3.63) is 66.7 Å². The fraction of sp³-hybridized carbons (Fsp3) is 0.333. The van der Waals surface area contributed by atoms with Gasteiger partial charge in [-0.25, -0.2) is 4.79 Å². The third kappa shape index (κ3) is 7.13. The Morgan fingerprint density at radius 2 is 1.54 bits per heavy atom. The van der Waals surface area contributed by atoms with Crippen LogP contribution >= 0.6 is 0 Å². The molecule has 4 aromatic rings. The molecule has 0 radical (unpaired) electrons. The van der Waals surface area contributed by atoms with Gasteiger partial charge in [-0.2, -0.15) is 5.21 Å². The zero-order chi connectivity index (χ0) is 27.9. The molecule has 0 unspecified atom stereocenters. The maximum Gasteiger partial charge on any atom is 0.323 e. The molecular formula is C30H38N8O. The van der Waals surface area contributed by atoms with E-state index in [0.29, 0.717) is 17.7 Å². The molecule has 0 fully saturated rings. The van der Waals surface area contributed by atoms with Crippen molar-refractivity contribution in [2.75, 3.05) is 47.6 Å². The number of nitrogens with zero attached hydrogens (tertiary/aromatic N) is 5. The summed E-state index contributed by atoms with van der Waals surface area (Å²) in [7, 11) is 3.97. The van der Waals surface area contributed by atoms with E-state index in [9.17, 15) is 4.79 Å². The van der Waals surface area contributed by atoms with Crippen molar-refractivity contribution in [1.29, 1.82) is 0 Å². The van der Waals surface area contributed by atoms with Crippen molar-refractivity contribution < 1.29 is 4.79 Å². The molecule has 39 heavy (non-hydrogen) atoms. The standard InChI is InChI=1S/C30H38N8O/c1-20(2)18-38(19-21(3)4)28-16-11-22(25-9-7-8-10-26(25)29-33-35-36-34-29)17-27(28)32-30(39)31-23-12-14-24(15-13-23)37(5)6/h7-17,20-21H,18-19H2,1-6H3,(H2,31,32,39)(H,33,34,35,36). The van der Waals surface area contributed by atoms with Crippen LogP contribution in [0.2, 0.25) is 0 Å². The van der Waals surface area contributed by atoms with Gasteiger partial charge in [0.25, 0.3) is 0 Å². The first-order valence-electron chi connectivity index (χ1n) is 13.3. The van der Waals surface area contributed by atoms with Gasteiger partial charge < -0.3 is 20.4 Å². The lowest BCUT2D eigenvalue weighted by atomic mass is 9.97. The summed E-state index contributed by atoms with van der Waals surface area (Å²) in [4.78, 5) is 17.6. The molecule has 9 nitrogen and oxygen atoms in total. The van der Waals surface area contributed by atoms with E-state index in [0.717, 1.165) is 52.5 Å². The Kier molecular flexibility index (Phi) is 8.81. The molecule has 0 aliphatic heterocycles. The van der Waals surface area contributed by atoms with Crippen molar-refractivity contribution in [3.8, 4) is 22.5 Å². The molecule has 1 aromatic heterocycles. The molecule has 204 valence electrons. The second-order valence-electron chi connectivity index (χ2n) is 10.7. The summed E-state index contributed by atoms with van der Waals surface area (Å²) >= 11 is 0. The summed E-state index contributed by atoms with van der Waals surface area (Å²) < 4.78 is 0. The van der Waals surface area contributed by atoms with Crippen LogP contribution in [-0.2, 0) is 0 Å². The summed E-state index contributed by atoms with van der Waals surface area (Å²) in [6.07, 6.45) is 0. The minimum Gasteiger partial charge on any atom is -0.378 e. The van der Waals surface area contributed by atoms with Gasteiger partial charge in [-0.05, 0) is 64.6 Å². The number of anilines is 4. The van der Waals surface area contributed by atoms with Gasteiger partial charge in [-0.3, -0.25) is 0 Å². The van der Waals surface area contributed by atoms with Crippen molar-refractivity contribution in [1.82, 2.24) is 20.6 Å². The highest BCUT2D eigenvalue weighted by molar-refractivity contribution is 6.02. The van der Waals surface area contributed by atoms with E-state index in [1.807, 2.05) is 73.6 Å². The monoisotopic (exact) mass is 526 g/mol. The topological polar surface area (TPSA) is 102 Å². The van der Waals surface area contributed by atoms with Crippen LogP contribution < -0.4 is 20.4 Å². The number of hydrogen-bond donors (Lipinski definition) is 3. The van der Waals surface area contributed by atoms with Crippen LogP contribution in [0.4, 0.5) is 27.5 Å². The van der Waals surface area contributed by atoms with E-state index in [1.54, 1.807) is 0 Å². The largest absolute Gasteiger partial charge is 0.378 e. The minimum absolute atomic E-state index is 0.300. The number of carbonyl (C=O) groups excluding carboxylic acids is 1. The number of H-pyrrole nitrogens is 1. The Bertz CT molecular complexity index is 1350. The lowest BCUT2D eigenvalue weighted by molar-refractivity contribution is 0.262. The number of carbonyl (C=O) groups is 1. The molecule has 9 heteroatoms. The van der Waals surface area contributed by atoms with Crippen LogP contribution in [0, 0.1) is 11.8 Å². The maximum atomic E-state index is 13.2. The average molecular weight is 527 g/mol. The second-order valence-corrected chi connectivity index (χ2v) is 10.7. The summed E-state index contributed by atoms with van der Waals surface area (Å²) in [5.74, 6) is 1.43. The van der Waals surface area contributed by atoms with E-state index in [2.05, 4.69) is 76.0 Å². The number of nitrogens with one attached hydrogen (secondary N) is 3. The highest BCUT2D eigenvalue weighted by Crippen LogP contribution is 2.36. The highest BCUT2D eigenvalue weighted by Gasteiger charge is 2.19. The number of hydrogen-bond acceptors (Lipinski definition) is 6. The number of rotatable bonds is 10. The van der Waals surface area contributed by atoms with E-state index in [4.69, 9.17) is 0 Å². The Hall–Kier alpha value is -4.40. The first kappa shape index (κ1) is 27.6. The molecule has 1 heterocycles. The first-order chi connectivity index (χ1) is 18.7. The van der Waals surface area contributed by atoms with Crippen LogP contribution in [-0.4, -0.2) is 53.8 Å². The molecule has 3 N–H and O–H groups in total. The Morgan fingerprint density at radius 1 is 0.872 bits per heavy atom.